The zero-order valence-corrected chi connectivity index (χ0v) is 12.2. The maximum absolute atomic E-state index is 12.4. The summed E-state index contributed by atoms with van der Waals surface area (Å²) in [5.74, 6) is -0.933. The number of fused-ring (bicyclic) bond motifs is 1. The van der Waals surface area contributed by atoms with Crippen molar-refractivity contribution in [1.29, 1.82) is 0 Å². The van der Waals surface area contributed by atoms with E-state index in [2.05, 4.69) is 10.5 Å². The first-order valence-electron chi connectivity index (χ1n) is 6.17. The summed E-state index contributed by atoms with van der Waals surface area (Å²) >= 11 is 10.2. The van der Waals surface area contributed by atoms with Crippen molar-refractivity contribution in [2.45, 2.75) is 18.5 Å². The second kappa shape index (κ2) is 5.05. The molecule has 1 aromatic rings. The fraction of sp³-hybridized carbons (Fsp3) is 0.231. The summed E-state index contributed by atoms with van der Waals surface area (Å²) in [6, 6.07) is 4.75. The van der Waals surface area contributed by atoms with Crippen LogP contribution in [-0.2, 0) is 0 Å². The van der Waals surface area contributed by atoms with Gasteiger partial charge in [0.25, 0.3) is 11.8 Å². The number of carbonyl (C=O) groups is 2. The largest absolute Gasteiger partial charge is 0.343 e. The van der Waals surface area contributed by atoms with Crippen LogP contribution in [0.2, 0.25) is 0 Å². The molecule has 2 unspecified atom stereocenters. The number of nitroso groups, excluding NO2 is 1. The quantitative estimate of drug-likeness (QED) is 0.505. The smallest absolute Gasteiger partial charge is 0.262 e. The van der Waals surface area contributed by atoms with Crippen molar-refractivity contribution in [3.8, 4) is 0 Å². The average molecular weight is 319 g/mol. The third kappa shape index (κ3) is 2.07. The van der Waals surface area contributed by atoms with Gasteiger partial charge >= 0.3 is 0 Å². The van der Waals surface area contributed by atoms with Crippen molar-refractivity contribution in [1.82, 2.24) is 10.2 Å². The van der Waals surface area contributed by atoms with Crippen LogP contribution in [0.15, 0.2) is 29.4 Å². The summed E-state index contributed by atoms with van der Waals surface area (Å²) in [4.78, 5) is 37.5. The Bertz CT molecular complexity index is 669. The van der Waals surface area contributed by atoms with Crippen molar-refractivity contribution in [3.63, 3.8) is 0 Å². The molecular weight excluding hydrogens is 310 g/mol. The Morgan fingerprint density at radius 2 is 1.71 bits per heavy atom. The van der Waals surface area contributed by atoms with Crippen molar-refractivity contribution < 1.29 is 9.59 Å². The monoisotopic (exact) mass is 319 g/mol. The Kier molecular flexibility index (Phi) is 3.34. The van der Waals surface area contributed by atoms with Crippen molar-refractivity contribution in [3.05, 3.63) is 40.3 Å². The van der Waals surface area contributed by atoms with Crippen molar-refractivity contribution >= 4 is 46.2 Å². The molecule has 2 aliphatic rings. The van der Waals surface area contributed by atoms with E-state index in [-0.39, 0.29) is 11.4 Å². The topological polar surface area (TPSA) is 78.8 Å². The highest BCUT2D eigenvalue weighted by atomic mass is 32.1. The van der Waals surface area contributed by atoms with Gasteiger partial charge in [-0.15, -0.1) is 0 Å². The van der Waals surface area contributed by atoms with Crippen LogP contribution in [0.25, 0.3) is 0 Å². The molecule has 8 heteroatoms. The van der Waals surface area contributed by atoms with E-state index >= 15 is 0 Å². The maximum atomic E-state index is 12.4. The fourth-order valence-electron chi connectivity index (χ4n) is 2.58. The number of benzene rings is 1. The molecule has 0 aliphatic carbocycles. The fourth-order valence-corrected chi connectivity index (χ4v) is 3.31. The number of nitrogens with zero attached hydrogens (tertiary/aromatic N) is 2. The summed E-state index contributed by atoms with van der Waals surface area (Å²) in [6.45, 7) is 0. The standard InChI is InChI=1S/C13H9N3O3S2/c17-12-6-3-1-2-4-7(6)13(18)16(12)10-8(15-19)5-9(20)14-11(10)21/h1-4,8,10H,5H2,(H,14,20,21). The van der Waals surface area contributed by atoms with Crippen LogP contribution in [0.4, 0.5) is 0 Å². The zero-order valence-electron chi connectivity index (χ0n) is 10.6. The van der Waals surface area contributed by atoms with E-state index in [9.17, 15) is 14.5 Å². The number of amides is 2. The predicted octanol–water partition coefficient (Wildman–Crippen LogP) is 1.43. The number of thiocarbonyl (C=S) groups is 2. The summed E-state index contributed by atoms with van der Waals surface area (Å²) in [7, 11) is 0. The second-order valence-corrected chi connectivity index (χ2v) is 5.69. The van der Waals surface area contributed by atoms with Crippen LogP contribution >= 0.6 is 24.4 Å². The maximum Gasteiger partial charge on any atom is 0.262 e. The molecule has 1 N–H and O–H groups in total. The minimum absolute atomic E-state index is 0.164. The Morgan fingerprint density at radius 3 is 2.24 bits per heavy atom. The molecule has 0 saturated carbocycles. The Hall–Kier alpha value is -2.06. The molecule has 1 aromatic carbocycles. The first kappa shape index (κ1) is 13.9. The summed E-state index contributed by atoms with van der Waals surface area (Å²) in [5.41, 5.74) is 0.617. The van der Waals surface area contributed by atoms with E-state index in [0.29, 0.717) is 16.1 Å². The van der Waals surface area contributed by atoms with Crippen molar-refractivity contribution in [2.75, 3.05) is 0 Å². The highest BCUT2D eigenvalue weighted by molar-refractivity contribution is 7.82. The molecule has 3 rings (SSSR count). The highest BCUT2D eigenvalue weighted by Gasteiger charge is 2.47. The van der Waals surface area contributed by atoms with Gasteiger partial charge in [0.2, 0.25) is 0 Å². The first-order valence-corrected chi connectivity index (χ1v) is 6.99. The van der Waals surface area contributed by atoms with Crippen LogP contribution < -0.4 is 5.32 Å². The lowest BCUT2D eigenvalue weighted by Gasteiger charge is -2.34. The summed E-state index contributed by atoms with van der Waals surface area (Å²) in [5, 5.41) is 5.75. The molecule has 2 aliphatic heterocycles. The molecule has 0 aromatic heterocycles. The number of rotatable bonds is 2. The molecule has 106 valence electrons. The van der Waals surface area contributed by atoms with Gasteiger partial charge < -0.3 is 5.32 Å². The van der Waals surface area contributed by atoms with E-state index in [1.807, 2.05) is 0 Å². The number of carbonyl (C=O) groups excluding carboxylic acids is 2. The van der Waals surface area contributed by atoms with Crippen LogP contribution in [0.1, 0.15) is 27.1 Å². The third-order valence-electron chi connectivity index (χ3n) is 3.53. The number of hydrogen-bond acceptors (Lipinski definition) is 6. The number of hydrogen-bond donors (Lipinski definition) is 1. The Labute approximate surface area is 130 Å². The molecule has 0 bridgehead atoms. The van der Waals surface area contributed by atoms with E-state index in [1.54, 1.807) is 24.3 Å². The minimum Gasteiger partial charge on any atom is -0.343 e. The van der Waals surface area contributed by atoms with Gasteiger partial charge in [-0.3, -0.25) is 14.5 Å². The van der Waals surface area contributed by atoms with E-state index in [0.717, 1.165) is 4.90 Å². The molecule has 2 amide bonds. The van der Waals surface area contributed by atoms with Crippen LogP contribution in [-0.4, -0.2) is 38.8 Å². The molecule has 1 saturated heterocycles. The van der Waals surface area contributed by atoms with Gasteiger partial charge in [0.1, 0.15) is 17.1 Å². The van der Waals surface area contributed by atoms with E-state index in [1.165, 1.54) is 0 Å². The van der Waals surface area contributed by atoms with E-state index in [4.69, 9.17) is 24.4 Å². The highest BCUT2D eigenvalue weighted by Crippen LogP contribution is 2.28. The molecule has 0 spiro atoms. The van der Waals surface area contributed by atoms with Crippen LogP contribution in [0.3, 0.4) is 0 Å². The molecule has 21 heavy (non-hydrogen) atoms. The van der Waals surface area contributed by atoms with Gasteiger partial charge in [0.15, 0.2) is 0 Å². The van der Waals surface area contributed by atoms with Gasteiger partial charge in [0, 0.05) is 6.42 Å². The van der Waals surface area contributed by atoms with Crippen LogP contribution in [0.5, 0.6) is 0 Å². The van der Waals surface area contributed by atoms with Gasteiger partial charge in [-0.1, -0.05) is 41.7 Å². The molecule has 0 radical (unpaired) electrons. The molecular formula is C13H9N3O3S2. The number of imide groups is 1. The molecule has 6 nitrogen and oxygen atoms in total. The molecule has 1 fully saturated rings. The van der Waals surface area contributed by atoms with Gasteiger partial charge in [-0.25, -0.2) is 0 Å². The summed E-state index contributed by atoms with van der Waals surface area (Å²) in [6.07, 6.45) is 0.164. The summed E-state index contributed by atoms with van der Waals surface area (Å²) < 4.78 is 0. The SMILES string of the molecule is O=NC1CC(=S)NC(=S)C1N1C(=O)c2ccccc2C1=O. The zero-order chi connectivity index (χ0) is 15.1. The van der Waals surface area contributed by atoms with Crippen LogP contribution in [0, 0.1) is 4.91 Å². The van der Waals surface area contributed by atoms with E-state index < -0.39 is 23.9 Å². The lowest BCUT2D eigenvalue weighted by atomic mass is 10.00. The normalized spacial score (nSPS) is 24.9. The lowest BCUT2D eigenvalue weighted by Crippen LogP contribution is -2.59. The lowest BCUT2D eigenvalue weighted by molar-refractivity contribution is 0.0609. The van der Waals surface area contributed by atoms with Gasteiger partial charge in [0.05, 0.1) is 16.1 Å². The number of piperidine rings is 1. The van der Waals surface area contributed by atoms with Gasteiger partial charge in [-0.2, -0.15) is 4.91 Å². The molecule has 2 atom stereocenters. The second-order valence-electron chi connectivity index (χ2n) is 4.76. The number of nitrogens with one attached hydrogen (secondary N) is 1. The Morgan fingerprint density at radius 1 is 1.14 bits per heavy atom. The average Bonchev–Trinajstić information content (AvgIpc) is 2.71. The van der Waals surface area contributed by atoms with Gasteiger partial charge in [-0.05, 0) is 12.1 Å². The molecule has 2 heterocycles. The first-order chi connectivity index (χ1) is 10.0. The van der Waals surface area contributed by atoms with Crippen molar-refractivity contribution in [2.24, 2.45) is 5.18 Å². The Balaban J connectivity index is 2.03. The predicted molar refractivity (Wildman–Crippen MR) is 83.3 cm³/mol. The minimum atomic E-state index is -0.892. The third-order valence-corrected chi connectivity index (χ3v) is 4.14.